The summed E-state index contributed by atoms with van der Waals surface area (Å²) in [5.74, 6) is 0. The number of hydrogen-bond acceptors (Lipinski definition) is 4. The van der Waals surface area contributed by atoms with Crippen molar-refractivity contribution in [2.75, 3.05) is 19.8 Å². The van der Waals surface area contributed by atoms with E-state index < -0.39 is 5.60 Å². The van der Waals surface area contributed by atoms with Gasteiger partial charge in [-0.1, -0.05) is 0 Å². The number of carbonyl (C=O) groups is 1. The number of nitrogens with two attached hydrogens (primary N) is 1. The summed E-state index contributed by atoms with van der Waals surface area (Å²) in [6.07, 6.45) is -0.307. The third-order valence-electron chi connectivity index (χ3n) is 2.40. The quantitative estimate of drug-likeness (QED) is 0.729. The van der Waals surface area contributed by atoms with Gasteiger partial charge in [0.25, 0.3) is 0 Å². The van der Waals surface area contributed by atoms with Crippen molar-refractivity contribution in [3.63, 3.8) is 0 Å². The highest BCUT2D eigenvalue weighted by Gasteiger charge is 2.32. The van der Waals surface area contributed by atoms with Crippen LogP contribution in [0.1, 0.15) is 27.7 Å². The number of nitrogens with zero attached hydrogens (tertiary/aromatic N) is 1. The molecular weight excluding hydrogens is 208 g/mol. The molecule has 16 heavy (non-hydrogen) atoms. The molecule has 1 fully saturated rings. The van der Waals surface area contributed by atoms with Crippen molar-refractivity contribution in [2.24, 2.45) is 5.73 Å². The third-order valence-corrected chi connectivity index (χ3v) is 2.40. The second-order valence-electron chi connectivity index (χ2n) is 5.18. The number of carbonyl (C=O) groups excluding carboxylic acids is 1. The van der Waals surface area contributed by atoms with E-state index in [9.17, 15) is 4.79 Å². The van der Waals surface area contributed by atoms with Crippen molar-refractivity contribution in [1.29, 1.82) is 0 Å². The summed E-state index contributed by atoms with van der Waals surface area (Å²) in [7, 11) is 0. The minimum Gasteiger partial charge on any atom is -0.444 e. The molecule has 5 nitrogen and oxygen atoms in total. The molecule has 0 aromatic carbocycles. The Hall–Kier alpha value is -0.810. The predicted molar refractivity (Wildman–Crippen MR) is 61.2 cm³/mol. The predicted octanol–water partition coefficient (Wildman–Crippen LogP) is 0.969. The van der Waals surface area contributed by atoms with E-state index in [0.29, 0.717) is 19.8 Å². The fraction of sp³-hybridized carbons (Fsp3) is 0.909. The maximum absolute atomic E-state index is 11.9. The van der Waals surface area contributed by atoms with Crippen molar-refractivity contribution in [2.45, 2.75) is 45.4 Å². The molecule has 2 N–H and O–H groups in total. The van der Waals surface area contributed by atoms with E-state index in [1.807, 2.05) is 27.7 Å². The third kappa shape index (κ3) is 3.64. The van der Waals surface area contributed by atoms with E-state index in [4.69, 9.17) is 15.2 Å². The van der Waals surface area contributed by atoms with Gasteiger partial charge in [-0.15, -0.1) is 0 Å². The van der Waals surface area contributed by atoms with Gasteiger partial charge in [0.15, 0.2) is 0 Å². The van der Waals surface area contributed by atoms with Crippen LogP contribution < -0.4 is 5.73 Å². The lowest BCUT2D eigenvalue weighted by atomic mass is 10.1. The van der Waals surface area contributed by atoms with E-state index in [2.05, 4.69) is 0 Å². The summed E-state index contributed by atoms with van der Waals surface area (Å²) in [5, 5.41) is 0. The molecule has 1 aliphatic rings. The maximum atomic E-state index is 11.9. The minimum atomic E-state index is -0.474. The Morgan fingerprint density at radius 3 is 2.69 bits per heavy atom. The van der Waals surface area contributed by atoms with E-state index in [-0.39, 0.29) is 18.2 Å². The summed E-state index contributed by atoms with van der Waals surface area (Å²) in [5.41, 5.74) is 5.36. The number of rotatable bonds is 1. The van der Waals surface area contributed by atoms with Gasteiger partial charge < -0.3 is 15.2 Å². The van der Waals surface area contributed by atoms with Crippen molar-refractivity contribution in [3.05, 3.63) is 0 Å². The van der Waals surface area contributed by atoms with Crippen LogP contribution in [0.2, 0.25) is 0 Å². The molecule has 0 spiro atoms. The Kier molecular flexibility index (Phi) is 4.15. The van der Waals surface area contributed by atoms with Crippen LogP contribution >= 0.6 is 0 Å². The Morgan fingerprint density at radius 2 is 2.19 bits per heavy atom. The Balaban J connectivity index is 2.64. The second kappa shape index (κ2) is 5.01. The normalized spacial score (nSPS) is 24.1. The van der Waals surface area contributed by atoms with Crippen molar-refractivity contribution in [3.8, 4) is 0 Å². The van der Waals surface area contributed by atoms with Crippen LogP contribution in [0.5, 0.6) is 0 Å². The van der Waals surface area contributed by atoms with Gasteiger partial charge >= 0.3 is 6.09 Å². The number of amides is 1. The van der Waals surface area contributed by atoms with Crippen LogP contribution in [0.15, 0.2) is 0 Å². The molecule has 1 rings (SSSR count). The fourth-order valence-electron chi connectivity index (χ4n) is 1.61. The highest BCUT2D eigenvalue weighted by Crippen LogP contribution is 2.15. The first-order chi connectivity index (χ1) is 7.31. The van der Waals surface area contributed by atoms with E-state index >= 15 is 0 Å². The first-order valence-electron chi connectivity index (χ1n) is 5.64. The highest BCUT2D eigenvalue weighted by molar-refractivity contribution is 5.68. The number of hydrogen-bond donors (Lipinski definition) is 1. The van der Waals surface area contributed by atoms with Gasteiger partial charge in [-0.05, 0) is 27.7 Å². The number of morpholine rings is 1. The zero-order valence-corrected chi connectivity index (χ0v) is 10.5. The summed E-state index contributed by atoms with van der Waals surface area (Å²) >= 11 is 0. The van der Waals surface area contributed by atoms with Gasteiger partial charge in [-0.2, -0.15) is 0 Å². The molecule has 0 saturated carbocycles. The Morgan fingerprint density at radius 1 is 1.56 bits per heavy atom. The van der Waals surface area contributed by atoms with E-state index in [1.54, 1.807) is 4.90 Å². The maximum Gasteiger partial charge on any atom is 0.410 e. The Labute approximate surface area is 96.9 Å². The first kappa shape index (κ1) is 13.3. The molecule has 0 aliphatic carbocycles. The highest BCUT2D eigenvalue weighted by atomic mass is 16.6. The van der Waals surface area contributed by atoms with Crippen LogP contribution in [0.25, 0.3) is 0 Å². The lowest BCUT2D eigenvalue weighted by Gasteiger charge is -2.38. The Bertz CT molecular complexity index is 248. The zero-order valence-electron chi connectivity index (χ0n) is 10.5. The molecule has 1 heterocycles. The molecule has 5 heteroatoms. The molecule has 1 amide bonds. The fourth-order valence-corrected chi connectivity index (χ4v) is 1.61. The minimum absolute atomic E-state index is 0.0939. The molecule has 94 valence electrons. The van der Waals surface area contributed by atoms with Crippen LogP contribution in [-0.4, -0.2) is 48.4 Å². The van der Waals surface area contributed by atoms with E-state index in [1.165, 1.54) is 0 Å². The van der Waals surface area contributed by atoms with Gasteiger partial charge in [-0.25, -0.2) is 4.79 Å². The number of ether oxygens (including phenoxy) is 2. The molecule has 0 bridgehead atoms. The molecule has 0 aromatic rings. The van der Waals surface area contributed by atoms with Gasteiger partial charge in [0, 0.05) is 12.6 Å². The monoisotopic (exact) mass is 230 g/mol. The topological polar surface area (TPSA) is 64.8 Å². The van der Waals surface area contributed by atoms with Crippen LogP contribution in [0, 0.1) is 0 Å². The molecule has 1 aliphatic heterocycles. The summed E-state index contributed by atoms with van der Waals surface area (Å²) < 4.78 is 10.7. The molecule has 2 atom stereocenters. The largest absolute Gasteiger partial charge is 0.444 e. The van der Waals surface area contributed by atoms with Gasteiger partial charge in [0.1, 0.15) is 5.60 Å². The molecule has 0 aromatic heterocycles. The van der Waals surface area contributed by atoms with Gasteiger partial charge in [0.05, 0.1) is 19.3 Å². The summed E-state index contributed by atoms with van der Waals surface area (Å²) in [4.78, 5) is 13.6. The summed E-state index contributed by atoms with van der Waals surface area (Å²) in [6.45, 7) is 9.00. The van der Waals surface area contributed by atoms with Gasteiger partial charge in [-0.3, -0.25) is 4.90 Å². The van der Waals surface area contributed by atoms with Crippen LogP contribution in [0.4, 0.5) is 4.79 Å². The lowest BCUT2D eigenvalue weighted by Crippen LogP contribution is -2.56. The molecule has 1 saturated heterocycles. The SMILES string of the molecule is C[C@@H](N)C1COCCN1C(=O)OC(C)(C)C. The van der Waals surface area contributed by atoms with Gasteiger partial charge in [0.2, 0.25) is 0 Å². The average molecular weight is 230 g/mol. The van der Waals surface area contributed by atoms with Crippen LogP contribution in [0.3, 0.4) is 0 Å². The second-order valence-corrected chi connectivity index (χ2v) is 5.18. The molecular formula is C11H22N2O3. The zero-order chi connectivity index (χ0) is 12.3. The molecule has 1 unspecified atom stereocenters. The van der Waals surface area contributed by atoms with Crippen LogP contribution in [-0.2, 0) is 9.47 Å². The first-order valence-corrected chi connectivity index (χ1v) is 5.64. The molecule has 0 radical (unpaired) electrons. The summed E-state index contributed by atoms with van der Waals surface area (Å²) in [6, 6.07) is -0.212. The lowest BCUT2D eigenvalue weighted by molar-refractivity contribution is -0.0366. The smallest absolute Gasteiger partial charge is 0.410 e. The standard InChI is InChI=1S/C11H22N2O3/c1-8(12)9-7-15-6-5-13(9)10(14)16-11(2,3)4/h8-9H,5-7,12H2,1-4H3/t8-,9?/m1/s1. The van der Waals surface area contributed by atoms with E-state index in [0.717, 1.165) is 0 Å². The average Bonchev–Trinajstić information content (AvgIpc) is 2.15. The van der Waals surface area contributed by atoms with Crippen molar-refractivity contribution < 1.29 is 14.3 Å². The van der Waals surface area contributed by atoms with Crippen molar-refractivity contribution in [1.82, 2.24) is 4.90 Å². The van der Waals surface area contributed by atoms with Crippen molar-refractivity contribution >= 4 is 6.09 Å².